The highest BCUT2D eigenvalue weighted by Gasteiger charge is 2.01. The number of tetrazole rings is 1. The maximum Gasteiger partial charge on any atom is 0.151 e. The van der Waals surface area contributed by atoms with Gasteiger partial charge in [0.2, 0.25) is 0 Å². The molecule has 0 amide bonds. The van der Waals surface area contributed by atoms with Crippen LogP contribution in [-0.4, -0.2) is 26.8 Å². The Bertz CT molecular complexity index is 206. The second kappa shape index (κ2) is 4.02. The number of aryl methyl sites for hydroxylation is 2. The van der Waals surface area contributed by atoms with Gasteiger partial charge in [-0.15, -0.1) is 5.10 Å². The Balaban J connectivity index is 2.54. The summed E-state index contributed by atoms with van der Waals surface area (Å²) in [4.78, 5) is 0. The zero-order valence-corrected chi connectivity index (χ0v) is 6.69. The summed E-state index contributed by atoms with van der Waals surface area (Å²) in [5.74, 6) is 0.929. The molecule has 11 heavy (non-hydrogen) atoms. The molecule has 0 spiro atoms. The molecule has 0 aromatic carbocycles. The molecule has 0 unspecified atom stereocenters. The van der Waals surface area contributed by atoms with Gasteiger partial charge in [-0.1, -0.05) is 0 Å². The molecule has 5 heteroatoms. The molecule has 0 atom stereocenters. The lowest BCUT2D eigenvalue weighted by atomic mass is 10.3. The fourth-order valence-electron chi connectivity index (χ4n) is 0.908. The Morgan fingerprint density at radius 3 is 3.00 bits per heavy atom. The van der Waals surface area contributed by atoms with Crippen LogP contribution in [0.1, 0.15) is 19.2 Å². The van der Waals surface area contributed by atoms with Gasteiger partial charge in [0.25, 0.3) is 0 Å². The van der Waals surface area contributed by atoms with Crippen molar-refractivity contribution in [1.82, 2.24) is 20.2 Å². The minimum Gasteiger partial charge on any atom is -0.330 e. The van der Waals surface area contributed by atoms with Crippen LogP contribution in [0.2, 0.25) is 0 Å². The highest BCUT2D eigenvalue weighted by atomic mass is 15.5. The minimum atomic E-state index is 0.691. The molecule has 0 aliphatic carbocycles. The van der Waals surface area contributed by atoms with Gasteiger partial charge in [0.05, 0.1) is 0 Å². The van der Waals surface area contributed by atoms with Crippen LogP contribution < -0.4 is 5.73 Å². The van der Waals surface area contributed by atoms with Crippen molar-refractivity contribution in [3.05, 3.63) is 5.82 Å². The van der Waals surface area contributed by atoms with E-state index in [0.717, 1.165) is 25.2 Å². The second-order valence-corrected chi connectivity index (χ2v) is 2.30. The SMILES string of the molecule is CCn1nnnc1CCCN. The second-order valence-electron chi connectivity index (χ2n) is 2.30. The lowest BCUT2D eigenvalue weighted by molar-refractivity contribution is 0.589. The molecule has 0 bridgehead atoms. The topological polar surface area (TPSA) is 69.6 Å². The normalized spacial score (nSPS) is 10.4. The van der Waals surface area contributed by atoms with Crippen LogP contribution in [0.3, 0.4) is 0 Å². The Kier molecular flexibility index (Phi) is 2.97. The summed E-state index contributed by atoms with van der Waals surface area (Å²) in [6.07, 6.45) is 1.82. The lowest BCUT2D eigenvalue weighted by Crippen LogP contribution is -2.07. The number of nitrogens with zero attached hydrogens (tertiary/aromatic N) is 4. The fourth-order valence-corrected chi connectivity index (χ4v) is 0.908. The van der Waals surface area contributed by atoms with Crippen LogP contribution in [0.4, 0.5) is 0 Å². The number of nitrogens with two attached hydrogens (primary N) is 1. The predicted molar refractivity (Wildman–Crippen MR) is 40.9 cm³/mol. The molecule has 1 aromatic rings. The number of rotatable bonds is 4. The maximum absolute atomic E-state index is 5.36. The van der Waals surface area contributed by atoms with E-state index in [2.05, 4.69) is 15.5 Å². The van der Waals surface area contributed by atoms with Gasteiger partial charge in [-0.2, -0.15) is 0 Å². The molecular formula is C6H13N5. The van der Waals surface area contributed by atoms with Crippen molar-refractivity contribution in [1.29, 1.82) is 0 Å². The van der Waals surface area contributed by atoms with Crippen LogP contribution in [0.25, 0.3) is 0 Å². The molecule has 1 aromatic heterocycles. The summed E-state index contributed by atoms with van der Waals surface area (Å²) in [5, 5.41) is 11.2. The van der Waals surface area contributed by atoms with Crippen molar-refractivity contribution in [2.45, 2.75) is 26.3 Å². The first-order chi connectivity index (χ1) is 5.38. The van der Waals surface area contributed by atoms with E-state index in [9.17, 15) is 0 Å². The van der Waals surface area contributed by atoms with Gasteiger partial charge < -0.3 is 5.73 Å². The highest BCUT2D eigenvalue weighted by Crippen LogP contribution is 1.95. The Labute approximate surface area is 65.6 Å². The Hall–Kier alpha value is -0.970. The van der Waals surface area contributed by atoms with E-state index < -0.39 is 0 Å². The molecule has 2 N–H and O–H groups in total. The van der Waals surface area contributed by atoms with E-state index in [4.69, 9.17) is 5.73 Å². The predicted octanol–water partition coefficient (Wildman–Crippen LogP) is -0.416. The third kappa shape index (κ3) is 1.98. The molecule has 0 saturated carbocycles. The molecule has 62 valence electrons. The zero-order valence-electron chi connectivity index (χ0n) is 6.69. The highest BCUT2D eigenvalue weighted by molar-refractivity contribution is 4.80. The van der Waals surface area contributed by atoms with Crippen LogP contribution in [-0.2, 0) is 13.0 Å². The van der Waals surface area contributed by atoms with E-state index in [0.29, 0.717) is 6.54 Å². The van der Waals surface area contributed by atoms with E-state index in [1.54, 1.807) is 4.68 Å². The van der Waals surface area contributed by atoms with Crippen LogP contribution in [0.5, 0.6) is 0 Å². The largest absolute Gasteiger partial charge is 0.330 e. The van der Waals surface area contributed by atoms with Crippen LogP contribution in [0, 0.1) is 0 Å². The monoisotopic (exact) mass is 155 g/mol. The van der Waals surface area contributed by atoms with Crippen molar-refractivity contribution in [3.8, 4) is 0 Å². The van der Waals surface area contributed by atoms with Crippen molar-refractivity contribution < 1.29 is 0 Å². The van der Waals surface area contributed by atoms with E-state index in [-0.39, 0.29) is 0 Å². The maximum atomic E-state index is 5.36. The van der Waals surface area contributed by atoms with Crippen molar-refractivity contribution >= 4 is 0 Å². The molecule has 1 heterocycles. The number of hydrogen-bond donors (Lipinski definition) is 1. The van der Waals surface area contributed by atoms with Gasteiger partial charge in [0.1, 0.15) is 0 Å². The quantitative estimate of drug-likeness (QED) is 0.641. The van der Waals surface area contributed by atoms with Crippen molar-refractivity contribution in [2.24, 2.45) is 5.73 Å². The Morgan fingerprint density at radius 1 is 1.55 bits per heavy atom. The summed E-state index contributed by atoms with van der Waals surface area (Å²) in [6.45, 7) is 3.53. The van der Waals surface area contributed by atoms with E-state index in [1.807, 2.05) is 6.92 Å². The standard InChI is InChI=1S/C6H13N5/c1-2-11-6(4-3-5-7)8-9-10-11/h2-5,7H2,1H3. The third-order valence-corrected chi connectivity index (χ3v) is 1.51. The van der Waals surface area contributed by atoms with Crippen molar-refractivity contribution in [3.63, 3.8) is 0 Å². The molecule has 0 fully saturated rings. The van der Waals surface area contributed by atoms with Crippen LogP contribution in [0.15, 0.2) is 0 Å². The molecular weight excluding hydrogens is 142 g/mol. The average molecular weight is 155 g/mol. The van der Waals surface area contributed by atoms with Gasteiger partial charge in [-0.05, 0) is 30.3 Å². The van der Waals surface area contributed by atoms with Gasteiger partial charge in [-0.25, -0.2) is 4.68 Å². The molecule has 5 nitrogen and oxygen atoms in total. The van der Waals surface area contributed by atoms with Crippen LogP contribution >= 0.6 is 0 Å². The first-order valence-corrected chi connectivity index (χ1v) is 3.83. The first-order valence-electron chi connectivity index (χ1n) is 3.83. The van der Waals surface area contributed by atoms with E-state index >= 15 is 0 Å². The third-order valence-electron chi connectivity index (χ3n) is 1.51. The summed E-state index contributed by atoms with van der Waals surface area (Å²) >= 11 is 0. The summed E-state index contributed by atoms with van der Waals surface area (Å²) in [6, 6.07) is 0. The summed E-state index contributed by atoms with van der Waals surface area (Å²) in [5.41, 5.74) is 5.36. The lowest BCUT2D eigenvalue weighted by Gasteiger charge is -1.98. The summed E-state index contributed by atoms with van der Waals surface area (Å²) in [7, 11) is 0. The Morgan fingerprint density at radius 2 is 2.36 bits per heavy atom. The first kappa shape index (κ1) is 8.13. The van der Waals surface area contributed by atoms with Crippen molar-refractivity contribution in [2.75, 3.05) is 6.54 Å². The van der Waals surface area contributed by atoms with Gasteiger partial charge in [0, 0.05) is 13.0 Å². The van der Waals surface area contributed by atoms with E-state index in [1.165, 1.54) is 0 Å². The fraction of sp³-hybridized carbons (Fsp3) is 0.833. The zero-order chi connectivity index (χ0) is 8.10. The molecule has 0 saturated heterocycles. The number of hydrogen-bond acceptors (Lipinski definition) is 4. The molecule has 0 radical (unpaired) electrons. The van der Waals surface area contributed by atoms with Gasteiger partial charge in [-0.3, -0.25) is 0 Å². The molecule has 1 rings (SSSR count). The smallest absolute Gasteiger partial charge is 0.151 e. The summed E-state index contributed by atoms with van der Waals surface area (Å²) < 4.78 is 1.79. The van der Waals surface area contributed by atoms with Gasteiger partial charge >= 0.3 is 0 Å². The van der Waals surface area contributed by atoms with Gasteiger partial charge in [0.15, 0.2) is 5.82 Å². The molecule has 0 aliphatic heterocycles. The molecule has 0 aliphatic rings. The minimum absolute atomic E-state index is 0.691. The average Bonchev–Trinajstić information content (AvgIpc) is 2.47. The number of aromatic nitrogens is 4.